The van der Waals surface area contributed by atoms with E-state index in [0.29, 0.717) is 38.8 Å². The van der Waals surface area contributed by atoms with Crippen LogP contribution in [-0.2, 0) is 6.61 Å². The Bertz CT molecular complexity index is 1670. The fraction of sp³-hybridized carbons (Fsp3) is 0.0690. The summed E-state index contributed by atoms with van der Waals surface area (Å²) in [5, 5.41) is 5.67. The third-order valence-electron chi connectivity index (χ3n) is 5.70. The number of methoxy groups -OCH3 is 1. The second kappa shape index (κ2) is 11.0. The summed E-state index contributed by atoms with van der Waals surface area (Å²) >= 11 is 9.84. The van der Waals surface area contributed by atoms with Crippen LogP contribution >= 0.6 is 27.5 Å². The van der Waals surface area contributed by atoms with Crippen molar-refractivity contribution in [1.29, 1.82) is 0 Å². The monoisotopic (exact) mass is 573 g/mol. The average Bonchev–Trinajstić information content (AvgIpc) is 2.92. The quantitative estimate of drug-likeness (QED) is 0.197. The third kappa shape index (κ3) is 5.28. The number of halogens is 2. The molecule has 37 heavy (non-hydrogen) atoms. The lowest BCUT2D eigenvalue weighted by Gasteiger charge is -2.15. The normalized spacial score (nSPS) is 11.2. The summed E-state index contributed by atoms with van der Waals surface area (Å²) in [6, 6.07) is 27.8. The van der Waals surface area contributed by atoms with E-state index in [1.54, 1.807) is 25.5 Å². The minimum absolute atomic E-state index is 0.227. The molecule has 0 bridgehead atoms. The van der Waals surface area contributed by atoms with Crippen molar-refractivity contribution in [2.75, 3.05) is 7.11 Å². The summed E-state index contributed by atoms with van der Waals surface area (Å²) in [6.45, 7) is 0.227. The largest absolute Gasteiger partial charge is 0.493 e. The molecule has 1 heterocycles. The van der Waals surface area contributed by atoms with Crippen molar-refractivity contribution in [3.8, 4) is 22.9 Å². The van der Waals surface area contributed by atoms with Crippen LogP contribution in [0.25, 0.3) is 22.3 Å². The molecule has 5 rings (SSSR count). The van der Waals surface area contributed by atoms with E-state index < -0.39 is 0 Å². The summed E-state index contributed by atoms with van der Waals surface area (Å²) < 4.78 is 13.8. The van der Waals surface area contributed by atoms with Crippen molar-refractivity contribution >= 4 is 44.6 Å². The Labute approximate surface area is 226 Å². The van der Waals surface area contributed by atoms with Crippen molar-refractivity contribution in [1.82, 2.24) is 9.66 Å². The van der Waals surface area contributed by atoms with E-state index in [1.165, 1.54) is 4.68 Å². The lowest BCUT2D eigenvalue weighted by atomic mass is 10.2. The zero-order valence-corrected chi connectivity index (χ0v) is 22.1. The summed E-state index contributed by atoms with van der Waals surface area (Å²) in [6.07, 6.45) is 1.57. The second-order valence-corrected chi connectivity index (χ2v) is 9.41. The fourth-order valence-electron chi connectivity index (χ4n) is 3.88. The van der Waals surface area contributed by atoms with E-state index in [1.807, 2.05) is 78.9 Å². The van der Waals surface area contributed by atoms with Gasteiger partial charge in [0.05, 0.1) is 24.2 Å². The van der Waals surface area contributed by atoms with Crippen molar-refractivity contribution in [2.24, 2.45) is 5.10 Å². The predicted octanol–water partition coefficient (Wildman–Crippen LogP) is 6.95. The summed E-state index contributed by atoms with van der Waals surface area (Å²) in [4.78, 5) is 18.2. The number of aromatic nitrogens is 2. The van der Waals surface area contributed by atoms with Gasteiger partial charge in [-0.2, -0.15) is 9.78 Å². The number of hydrogen-bond acceptors (Lipinski definition) is 5. The summed E-state index contributed by atoms with van der Waals surface area (Å²) in [5.74, 6) is 1.41. The minimum Gasteiger partial charge on any atom is -0.493 e. The summed E-state index contributed by atoms with van der Waals surface area (Å²) in [5.41, 5.74) is 2.53. The number of fused-ring (bicyclic) bond motifs is 1. The highest BCUT2D eigenvalue weighted by molar-refractivity contribution is 9.10. The molecule has 0 aliphatic rings. The molecule has 1 aromatic heterocycles. The third-order valence-corrected chi connectivity index (χ3v) is 6.52. The van der Waals surface area contributed by atoms with Crippen molar-refractivity contribution in [2.45, 2.75) is 6.61 Å². The highest BCUT2D eigenvalue weighted by atomic mass is 79.9. The molecule has 0 atom stereocenters. The van der Waals surface area contributed by atoms with E-state index in [9.17, 15) is 4.79 Å². The van der Waals surface area contributed by atoms with E-state index in [4.69, 9.17) is 26.1 Å². The Morgan fingerprint density at radius 2 is 1.73 bits per heavy atom. The van der Waals surface area contributed by atoms with Crippen LogP contribution in [0.1, 0.15) is 11.1 Å². The maximum atomic E-state index is 13.5. The van der Waals surface area contributed by atoms with Gasteiger partial charge in [-0.05, 0) is 30.3 Å². The van der Waals surface area contributed by atoms with E-state index in [-0.39, 0.29) is 12.2 Å². The molecule has 0 aliphatic heterocycles. The molecule has 0 fully saturated rings. The van der Waals surface area contributed by atoms with Crippen molar-refractivity contribution in [3.05, 3.63) is 122 Å². The SMILES string of the molecule is COc1cc(Br)cc(C=Nn2c(-c3ccccc3)nc3ccccc3c2=O)c1OCc1ccccc1Cl. The number of ether oxygens (including phenoxy) is 2. The molecule has 0 saturated heterocycles. The predicted molar refractivity (Wildman–Crippen MR) is 151 cm³/mol. The first-order valence-corrected chi connectivity index (χ1v) is 12.6. The molecule has 0 N–H and O–H groups in total. The molecule has 0 unspecified atom stereocenters. The molecule has 0 radical (unpaired) electrons. The highest BCUT2D eigenvalue weighted by Gasteiger charge is 2.15. The Morgan fingerprint density at radius 3 is 2.51 bits per heavy atom. The lowest BCUT2D eigenvalue weighted by Crippen LogP contribution is -2.20. The Kier molecular flexibility index (Phi) is 7.35. The van der Waals surface area contributed by atoms with Gasteiger partial charge >= 0.3 is 0 Å². The first-order valence-electron chi connectivity index (χ1n) is 11.4. The molecular weight excluding hydrogens is 554 g/mol. The number of para-hydroxylation sites is 1. The first kappa shape index (κ1) is 24.7. The molecule has 5 aromatic rings. The van der Waals surface area contributed by atoms with Crippen molar-refractivity contribution < 1.29 is 9.47 Å². The zero-order valence-electron chi connectivity index (χ0n) is 19.8. The molecule has 0 spiro atoms. The lowest BCUT2D eigenvalue weighted by molar-refractivity contribution is 0.284. The van der Waals surface area contributed by atoms with Crippen LogP contribution in [0.5, 0.6) is 11.5 Å². The molecule has 0 saturated carbocycles. The van der Waals surface area contributed by atoms with Crippen LogP contribution in [0.2, 0.25) is 5.02 Å². The van der Waals surface area contributed by atoms with Gasteiger partial charge in [0, 0.05) is 26.2 Å². The molecule has 184 valence electrons. The zero-order chi connectivity index (χ0) is 25.8. The maximum absolute atomic E-state index is 13.5. The molecule has 0 aliphatic carbocycles. The van der Waals surface area contributed by atoms with E-state index >= 15 is 0 Å². The molecule has 4 aromatic carbocycles. The first-order chi connectivity index (χ1) is 18.0. The molecule has 0 amide bonds. The smallest absolute Gasteiger partial charge is 0.282 e. The van der Waals surface area contributed by atoms with Gasteiger partial charge in [0.1, 0.15) is 6.61 Å². The standard InChI is InChI=1S/C29H21BrClN3O3/c1-36-26-16-22(30)15-21(27(26)37-18-20-11-5-7-13-24(20)31)17-32-34-28(19-9-3-2-4-10-19)33-25-14-8-6-12-23(25)29(34)35/h2-17H,18H2,1H3. The fourth-order valence-corrected chi connectivity index (χ4v) is 4.53. The second-order valence-electron chi connectivity index (χ2n) is 8.09. The topological polar surface area (TPSA) is 65.7 Å². The van der Waals surface area contributed by atoms with Gasteiger partial charge in [-0.25, -0.2) is 4.98 Å². The Hall–Kier alpha value is -3.94. The molecule has 8 heteroatoms. The van der Waals surface area contributed by atoms with Crippen LogP contribution in [0, 0.1) is 0 Å². The average molecular weight is 575 g/mol. The highest BCUT2D eigenvalue weighted by Crippen LogP contribution is 2.35. The van der Waals surface area contributed by atoms with Gasteiger partial charge in [-0.3, -0.25) is 4.79 Å². The van der Waals surface area contributed by atoms with Gasteiger partial charge in [-0.1, -0.05) is 88.2 Å². The number of benzene rings is 4. The maximum Gasteiger partial charge on any atom is 0.282 e. The molecular formula is C29H21BrClN3O3. The van der Waals surface area contributed by atoms with Crippen LogP contribution in [0.4, 0.5) is 0 Å². The molecule has 6 nitrogen and oxygen atoms in total. The van der Waals surface area contributed by atoms with Crippen LogP contribution < -0.4 is 15.0 Å². The van der Waals surface area contributed by atoms with Gasteiger partial charge in [0.25, 0.3) is 5.56 Å². The van der Waals surface area contributed by atoms with Gasteiger partial charge in [0.15, 0.2) is 17.3 Å². The summed E-state index contributed by atoms with van der Waals surface area (Å²) in [7, 11) is 1.57. The van der Waals surface area contributed by atoms with E-state index in [2.05, 4.69) is 21.0 Å². The number of hydrogen-bond donors (Lipinski definition) is 0. The van der Waals surface area contributed by atoms with Gasteiger partial charge < -0.3 is 9.47 Å². The van der Waals surface area contributed by atoms with Gasteiger partial charge in [-0.15, -0.1) is 0 Å². The van der Waals surface area contributed by atoms with Crippen LogP contribution in [0.15, 0.2) is 105 Å². The van der Waals surface area contributed by atoms with Crippen LogP contribution in [-0.4, -0.2) is 23.0 Å². The Morgan fingerprint density at radius 1 is 1.00 bits per heavy atom. The van der Waals surface area contributed by atoms with Crippen molar-refractivity contribution in [3.63, 3.8) is 0 Å². The Balaban J connectivity index is 1.62. The minimum atomic E-state index is -0.277. The van der Waals surface area contributed by atoms with E-state index in [0.717, 1.165) is 15.6 Å². The number of rotatable bonds is 7. The van der Waals surface area contributed by atoms with Crippen LogP contribution in [0.3, 0.4) is 0 Å². The number of nitrogens with zero attached hydrogens (tertiary/aromatic N) is 3. The van der Waals surface area contributed by atoms with Gasteiger partial charge in [0.2, 0.25) is 0 Å².